The topological polar surface area (TPSA) is 81.4 Å². The number of hydrogen-bond acceptors (Lipinski definition) is 4. The lowest BCUT2D eigenvalue weighted by molar-refractivity contribution is 0.308. The van der Waals surface area contributed by atoms with Crippen molar-refractivity contribution in [2.24, 2.45) is 5.14 Å². The van der Waals surface area contributed by atoms with Crippen molar-refractivity contribution in [1.29, 1.82) is 0 Å². The third-order valence-corrected chi connectivity index (χ3v) is 5.07. The third kappa shape index (κ3) is 3.45. The summed E-state index contributed by atoms with van der Waals surface area (Å²) in [6, 6.07) is 1.79. The van der Waals surface area contributed by atoms with Gasteiger partial charge in [-0.1, -0.05) is 13.8 Å². The van der Waals surface area contributed by atoms with E-state index < -0.39 is 10.0 Å². The van der Waals surface area contributed by atoms with Crippen molar-refractivity contribution in [3.63, 3.8) is 0 Å². The van der Waals surface area contributed by atoms with Gasteiger partial charge in [-0.15, -0.1) is 0 Å². The Balaban J connectivity index is 2.68. The maximum absolute atomic E-state index is 12.0. The molecule has 1 heterocycles. The smallest absolute Gasteiger partial charge is 0.238 e. The summed E-state index contributed by atoms with van der Waals surface area (Å²) >= 11 is 0. The first-order valence-corrected chi connectivity index (χ1v) is 9.50. The van der Waals surface area contributed by atoms with Crippen LogP contribution in [0.15, 0.2) is 11.0 Å². The minimum atomic E-state index is -3.74. The quantitative estimate of drug-likeness (QED) is 0.841. The number of rotatable bonds is 6. The number of hydrogen-bond donors (Lipinski definition) is 2. The van der Waals surface area contributed by atoms with Crippen molar-refractivity contribution < 1.29 is 13.2 Å². The molecule has 1 aromatic rings. The standard InChI is InChI=1S/C16H26N2O3S/c1-4-9-21-16-11(3)10-14(22(17,19)20)12(5-2)15(16)13-7-6-8-18-13/h10,13,18H,4-9H2,1-3H3,(H2,17,19,20). The van der Waals surface area contributed by atoms with Gasteiger partial charge in [-0.2, -0.15) is 0 Å². The van der Waals surface area contributed by atoms with Crippen LogP contribution in [-0.2, 0) is 16.4 Å². The second-order valence-electron chi connectivity index (χ2n) is 5.81. The van der Waals surface area contributed by atoms with Gasteiger partial charge in [0, 0.05) is 11.6 Å². The Morgan fingerprint density at radius 3 is 2.64 bits per heavy atom. The first-order chi connectivity index (χ1) is 10.4. The molecule has 6 heteroatoms. The number of benzene rings is 1. The molecule has 1 aliphatic heterocycles. The summed E-state index contributed by atoms with van der Waals surface area (Å²) in [5, 5.41) is 8.89. The van der Waals surface area contributed by atoms with Gasteiger partial charge in [0.1, 0.15) is 5.75 Å². The van der Waals surface area contributed by atoms with E-state index in [1.165, 1.54) is 0 Å². The Bertz CT molecular complexity index is 635. The Morgan fingerprint density at radius 2 is 2.14 bits per heavy atom. The second-order valence-corrected chi connectivity index (χ2v) is 7.34. The monoisotopic (exact) mass is 326 g/mol. The molecule has 0 amide bonds. The summed E-state index contributed by atoms with van der Waals surface area (Å²) in [5.41, 5.74) is 2.61. The zero-order chi connectivity index (χ0) is 16.3. The summed E-state index contributed by atoms with van der Waals surface area (Å²) in [4.78, 5) is 0.236. The molecule has 22 heavy (non-hydrogen) atoms. The molecule has 1 aliphatic rings. The van der Waals surface area contributed by atoms with Crippen LogP contribution < -0.4 is 15.2 Å². The Morgan fingerprint density at radius 1 is 1.41 bits per heavy atom. The third-order valence-electron chi connectivity index (χ3n) is 4.09. The molecule has 1 aromatic carbocycles. The number of nitrogens with one attached hydrogen (secondary N) is 1. The summed E-state index contributed by atoms with van der Waals surface area (Å²) in [6.45, 7) is 7.47. The second kappa shape index (κ2) is 6.98. The average Bonchev–Trinajstić information content (AvgIpc) is 2.97. The molecule has 0 radical (unpaired) electrons. The average molecular weight is 326 g/mol. The van der Waals surface area contributed by atoms with Gasteiger partial charge in [-0.05, 0) is 56.3 Å². The minimum Gasteiger partial charge on any atom is -0.493 e. The van der Waals surface area contributed by atoms with Crippen LogP contribution in [0, 0.1) is 6.92 Å². The van der Waals surface area contributed by atoms with Gasteiger partial charge in [0.25, 0.3) is 0 Å². The predicted molar refractivity (Wildman–Crippen MR) is 87.7 cm³/mol. The lowest BCUT2D eigenvalue weighted by atomic mass is 9.94. The van der Waals surface area contributed by atoms with E-state index in [0.29, 0.717) is 13.0 Å². The Kier molecular flexibility index (Phi) is 5.47. The first kappa shape index (κ1) is 17.2. The molecule has 0 spiro atoms. The highest BCUT2D eigenvalue weighted by Gasteiger charge is 2.28. The minimum absolute atomic E-state index is 0.141. The van der Waals surface area contributed by atoms with E-state index in [2.05, 4.69) is 12.2 Å². The van der Waals surface area contributed by atoms with Crippen LogP contribution in [-0.4, -0.2) is 21.6 Å². The summed E-state index contributed by atoms with van der Waals surface area (Å²) in [6.07, 6.45) is 3.60. The predicted octanol–water partition coefficient (Wildman–Crippen LogP) is 2.42. The van der Waals surface area contributed by atoms with Gasteiger partial charge < -0.3 is 10.1 Å². The van der Waals surface area contributed by atoms with Crippen LogP contribution in [0.25, 0.3) is 0 Å². The molecule has 0 saturated carbocycles. The number of primary sulfonamides is 1. The van der Waals surface area contributed by atoms with E-state index in [0.717, 1.165) is 48.2 Å². The van der Waals surface area contributed by atoms with Gasteiger partial charge in [-0.25, -0.2) is 13.6 Å². The normalized spacial score (nSPS) is 18.6. The molecular weight excluding hydrogens is 300 g/mol. The Hall–Kier alpha value is -1.11. The van der Waals surface area contributed by atoms with Crippen molar-refractivity contribution in [3.8, 4) is 5.75 Å². The van der Waals surface area contributed by atoms with E-state index in [1.807, 2.05) is 13.8 Å². The molecule has 0 aromatic heterocycles. The van der Waals surface area contributed by atoms with Crippen molar-refractivity contribution in [2.45, 2.75) is 57.4 Å². The zero-order valence-corrected chi connectivity index (χ0v) is 14.4. The number of ether oxygens (including phenoxy) is 1. The van der Waals surface area contributed by atoms with Crippen LogP contribution in [0.2, 0.25) is 0 Å². The Labute approximate surface area is 133 Å². The van der Waals surface area contributed by atoms with Gasteiger partial charge in [-0.3, -0.25) is 0 Å². The molecule has 5 nitrogen and oxygen atoms in total. The van der Waals surface area contributed by atoms with E-state index in [4.69, 9.17) is 9.88 Å². The number of aryl methyl sites for hydroxylation is 1. The van der Waals surface area contributed by atoms with Crippen molar-refractivity contribution in [1.82, 2.24) is 5.32 Å². The first-order valence-electron chi connectivity index (χ1n) is 7.95. The number of sulfonamides is 1. The van der Waals surface area contributed by atoms with Gasteiger partial charge in [0.2, 0.25) is 10.0 Å². The van der Waals surface area contributed by atoms with Gasteiger partial charge >= 0.3 is 0 Å². The fourth-order valence-corrected chi connectivity index (χ4v) is 4.08. The molecule has 124 valence electrons. The van der Waals surface area contributed by atoms with Crippen LogP contribution in [0.5, 0.6) is 5.75 Å². The van der Waals surface area contributed by atoms with Crippen LogP contribution in [0.3, 0.4) is 0 Å². The molecule has 0 aliphatic carbocycles. The molecule has 1 atom stereocenters. The summed E-state index contributed by atoms with van der Waals surface area (Å²) < 4.78 is 29.9. The van der Waals surface area contributed by atoms with E-state index in [1.54, 1.807) is 6.07 Å². The van der Waals surface area contributed by atoms with Crippen LogP contribution >= 0.6 is 0 Å². The van der Waals surface area contributed by atoms with E-state index in [-0.39, 0.29) is 10.9 Å². The van der Waals surface area contributed by atoms with Crippen LogP contribution in [0.1, 0.15) is 55.8 Å². The summed E-state index contributed by atoms with van der Waals surface area (Å²) in [7, 11) is -3.74. The molecule has 1 fully saturated rings. The van der Waals surface area contributed by atoms with Crippen LogP contribution in [0.4, 0.5) is 0 Å². The summed E-state index contributed by atoms with van der Waals surface area (Å²) in [5.74, 6) is 0.825. The molecular formula is C16H26N2O3S. The molecule has 1 unspecified atom stereocenters. The number of nitrogens with two attached hydrogens (primary N) is 1. The zero-order valence-electron chi connectivity index (χ0n) is 13.6. The van der Waals surface area contributed by atoms with Gasteiger partial charge in [0.05, 0.1) is 11.5 Å². The molecule has 0 bridgehead atoms. The highest BCUT2D eigenvalue weighted by atomic mass is 32.2. The fourth-order valence-electron chi connectivity index (χ4n) is 3.15. The SMILES string of the molecule is CCCOc1c(C)cc(S(N)(=O)=O)c(CC)c1C1CCCN1. The highest BCUT2D eigenvalue weighted by Crippen LogP contribution is 2.39. The fraction of sp³-hybridized carbons (Fsp3) is 0.625. The lowest BCUT2D eigenvalue weighted by Gasteiger charge is -2.24. The van der Waals surface area contributed by atoms with Crippen molar-refractivity contribution in [3.05, 3.63) is 22.8 Å². The maximum atomic E-state index is 12.0. The lowest BCUT2D eigenvalue weighted by Crippen LogP contribution is -2.21. The largest absolute Gasteiger partial charge is 0.493 e. The van der Waals surface area contributed by atoms with Crippen molar-refractivity contribution in [2.75, 3.05) is 13.2 Å². The molecule has 3 N–H and O–H groups in total. The van der Waals surface area contributed by atoms with E-state index >= 15 is 0 Å². The maximum Gasteiger partial charge on any atom is 0.238 e. The molecule has 1 saturated heterocycles. The van der Waals surface area contributed by atoms with Crippen molar-refractivity contribution >= 4 is 10.0 Å². The molecule has 2 rings (SSSR count). The van der Waals surface area contributed by atoms with E-state index in [9.17, 15) is 8.42 Å². The highest BCUT2D eigenvalue weighted by molar-refractivity contribution is 7.89. The van der Waals surface area contributed by atoms with Gasteiger partial charge in [0.15, 0.2) is 0 Å².